The van der Waals surface area contributed by atoms with Crippen molar-refractivity contribution < 1.29 is 9.18 Å². The lowest BCUT2D eigenvalue weighted by atomic mass is 10.1. The Kier molecular flexibility index (Phi) is 3.38. The van der Waals surface area contributed by atoms with E-state index in [9.17, 15) is 9.18 Å². The number of Topliss-reactive ketones (excluding diaryl/α,β-unsaturated/α-hetero) is 1. The van der Waals surface area contributed by atoms with E-state index in [4.69, 9.17) is 0 Å². The molecule has 0 atom stereocenters. The zero-order chi connectivity index (χ0) is 9.68. The average molecular weight is 178 g/mol. The lowest BCUT2D eigenvalue weighted by molar-refractivity contribution is -0.117. The van der Waals surface area contributed by atoms with E-state index >= 15 is 0 Å². The van der Waals surface area contributed by atoms with Crippen molar-refractivity contribution in [2.75, 3.05) is 0 Å². The number of hydrogen-bond donors (Lipinski definition) is 0. The smallest absolute Gasteiger partial charge is 0.140 e. The minimum atomic E-state index is -0.278. The summed E-state index contributed by atoms with van der Waals surface area (Å²) in [6, 6.07) is 5.96. The maximum Gasteiger partial charge on any atom is 0.140 e. The molecule has 0 aliphatic rings. The Hall–Kier alpha value is -1.44. The van der Waals surface area contributed by atoms with Crippen molar-refractivity contribution in [3.63, 3.8) is 0 Å². The topological polar surface area (TPSA) is 17.1 Å². The van der Waals surface area contributed by atoms with Crippen LogP contribution in [0.2, 0.25) is 0 Å². The summed E-state index contributed by atoms with van der Waals surface area (Å²) in [6.45, 7) is 3.48. The summed E-state index contributed by atoms with van der Waals surface area (Å²) in [5, 5.41) is 0. The van der Waals surface area contributed by atoms with Gasteiger partial charge in [0.1, 0.15) is 11.6 Å². The van der Waals surface area contributed by atoms with Gasteiger partial charge in [0, 0.05) is 12.8 Å². The average Bonchev–Trinajstić information content (AvgIpc) is 2.09. The van der Waals surface area contributed by atoms with E-state index in [2.05, 4.69) is 6.58 Å². The van der Waals surface area contributed by atoms with Crippen molar-refractivity contribution in [2.24, 2.45) is 0 Å². The van der Waals surface area contributed by atoms with Gasteiger partial charge in [0.2, 0.25) is 0 Å². The first kappa shape index (κ1) is 9.65. The molecule has 1 rings (SSSR count). The molecule has 0 amide bonds. The summed E-state index contributed by atoms with van der Waals surface area (Å²) in [5.74, 6) is -0.179. The normalized spacial score (nSPS) is 9.62. The van der Waals surface area contributed by atoms with Crippen molar-refractivity contribution in [3.8, 4) is 0 Å². The molecule has 13 heavy (non-hydrogen) atoms. The first-order valence-corrected chi connectivity index (χ1v) is 4.09. The van der Waals surface area contributed by atoms with E-state index in [1.54, 1.807) is 18.2 Å². The number of rotatable bonds is 4. The van der Waals surface area contributed by atoms with Gasteiger partial charge >= 0.3 is 0 Å². The first-order chi connectivity index (χ1) is 6.22. The second-order valence-corrected chi connectivity index (χ2v) is 2.83. The maximum atomic E-state index is 12.5. The molecule has 1 aromatic carbocycles. The van der Waals surface area contributed by atoms with Gasteiger partial charge in [0.15, 0.2) is 0 Å². The highest BCUT2D eigenvalue weighted by molar-refractivity contribution is 5.82. The van der Waals surface area contributed by atoms with Crippen molar-refractivity contribution in [1.29, 1.82) is 0 Å². The number of allylic oxidation sites excluding steroid dienone is 1. The number of carbonyl (C=O) groups is 1. The van der Waals surface area contributed by atoms with E-state index in [0.717, 1.165) is 5.56 Å². The molecule has 0 saturated heterocycles. The van der Waals surface area contributed by atoms with Crippen LogP contribution in [0.5, 0.6) is 0 Å². The van der Waals surface area contributed by atoms with Gasteiger partial charge in [-0.15, -0.1) is 6.58 Å². The number of hydrogen-bond acceptors (Lipinski definition) is 1. The van der Waals surface area contributed by atoms with E-state index in [1.807, 2.05) is 0 Å². The zero-order valence-corrected chi connectivity index (χ0v) is 7.29. The number of benzene rings is 1. The van der Waals surface area contributed by atoms with Gasteiger partial charge in [-0.2, -0.15) is 0 Å². The molecule has 0 fully saturated rings. The predicted molar refractivity (Wildman–Crippen MR) is 49.9 cm³/mol. The number of ketones is 1. The molecule has 0 saturated carbocycles. The molecule has 0 radical (unpaired) electrons. The fraction of sp³-hybridized carbons (Fsp3) is 0.182. The third-order valence-electron chi connectivity index (χ3n) is 1.69. The summed E-state index contributed by atoms with van der Waals surface area (Å²) >= 11 is 0. The van der Waals surface area contributed by atoms with Crippen LogP contribution in [-0.4, -0.2) is 5.78 Å². The zero-order valence-electron chi connectivity index (χ0n) is 7.29. The Bertz CT molecular complexity index is 300. The van der Waals surface area contributed by atoms with Gasteiger partial charge in [-0.25, -0.2) is 4.39 Å². The molecule has 1 aromatic rings. The Labute approximate surface area is 76.9 Å². The molecule has 0 bridgehead atoms. The van der Waals surface area contributed by atoms with Gasteiger partial charge in [0.05, 0.1) is 0 Å². The Morgan fingerprint density at radius 2 is 2.00 bits per heavy atom. The van der Waals surface area contributed by atoms with Gasteiger partial charge < -0.3 is 0 Å². The third-order valence-corrected chi connectivity index (χ3v) is 1.69. The van der Waals surface area contributed by atoms with Crippen LogP contribution in [0.25, 0.3) is 0 Å². The third kappa shape index (κ3) is 3.20. The monoisotopic (exact) mass is 178 g/mol. The summed E-state index contributed by atoms with van der Waals surface area (Å²) in [4.78, 5) is 11.1. The molecule has 2 heteroatoms. The van der Waals surface area contributed by atoms with Crippen LogP contribution in [0, 0.1) is 5.82 Å². The highest BCUT2D eigenvalue weighted by Crippen LogP contribution is 2.04. The van der Waals surface area contributed by atoms with Crippen LogP contribution < -0.4 is 0 Å². The largest absolute Gasteiger partial charge is 0.299 e. The second kappa shape index (κ2) is 4.55. The molecule has 0 unspecified atom stereocenters. The molecule has 0 heterocycles. The van der Waals surface area contributed by atoms with E-state index in [-0.39, 0.29) is 11.6 Å². The van der Waals surface area contributed by atoms with Crippen LogP contribution in [0.3, 0.4) is 0 Å². The van der Waals surface area contributed by atoms with Gasteiger partial charge in [-0.3, -0.25) is 4.79 Å². The highest BCUT2D eigenvalue weighted by atomic mass is 19.1. The fourth-order valence-electron chi connectivity index (χ4n) is 1.06. The lowest BCUT2D eigenvalue weighted by Gasteiger charge is -1.97. The summed E-state index contributed by atoms with van der Waals surface area (Å²) in [7, 11) is 0. The number of carbonyl (C=O) groups excluding carboxylic acids is 1. The van der Waals surface area contributed by atoms with E-state index < -0.39 is 0 Å². The Morgan fingerprint density at radius 1 is 1.38 bits per heavy atom. The standard InChI is InChI=1S/C11H11FO/c1-2-3-11(13)8-9-4-6-10(12)7-5-9/h2,4-7H,1,3,8H2. The first-order valence-electron chi connectivity index (χ1n) is 4.09. The minimum absolute atomic E-state index is 0.0987. The molecule has 0 spiro atoms. The van der Waals surface area contributed by atoms with E-state index in [1.165, 1.54) is 12.1 Å². The van der Waals surface area contributed by atoms with Gasteiger partial charge in [-0.1, -0.05) is 18.2 Å². The molecule has 0 N–H and O–H groups in total. The minimum Gasteiger partial charge on any atom is -0.299 e. The lowest BCUT2D eigenvalue weighted by Crippen LogP contribution is -2.00. The van der Waals surface area contributed by atoms with E-state index in [0.29, 0.717) is 12.8 Å². The molecule has 0 aliphatic heterocycles. The fourth-order valence-corrected chi connectivity index (χ4v) is 1.06. The molecular formula is C11H11FO. The molecule has 68 valence electrons. The molecule has 0 aliphatic carbocycles. The summed E-state index contributed by atoms with van der Waals surface area (Å²) in [5.41, 5.74) is 0.841. The molecular weight excluding hydrogens is 167 g/mol. The summed E-state index contributed by atoms with van der Waals surface area (Å²) in [6.07, 6.45) is 2.30. The highest BCUT2D eigenvalue weighted by Gasteiger charge is 2.00. The van der Waals surface area contributed by atoms with Crippen LogP contribution in [0.15, 0.2) is 36.9 Å². The molecule has 1 nitrogen and oxygen atoms in total. The molecule has 0 aromatic heterocycles. The van der Waals surface area contributed by atoms with Crippen molar-refractivity contribution >= 4 is 5.78 Å². The predicted octanol–water partition coefficient (Wildman–Crippen LogP) is 2.51. The van der Waals surface area contributed by atoms with Crippen LogP contribution >= 0.6 is 0 Å². The van der Waals surface area contributed by atoms with Crippen molar-refractivity contribution in [3.05, 3.63) is 48.3 Å². The van der Waals surface area contributed by atoms with Crippen molar-refractivity contribution in [2.45, 2.75) is 12.8 Å². The van der Waals surface area contributed by atoms with Crippen LogP contribution in [0.1, 0.15) is 12.0 Å². The second-order valence-electron chi connectivity index (χ2n) is 2.83. The quantitative estimate of drug-likeness (QED) is 0.647. The maximum absolute atomic E-state index is 12.5. The van der Waals surface area contributed by atoms with Crippen LogP contribution in [0.4, 0.5) is 4.39 Å². The van der Waals surface area contributed by atoms with Crippen LogP contribution in [-0.2, 0) is 11.2 Å². The Balaban J connectivity index is 2.59. The SMILES string of the molecule is C=CCC(=O)Cc1ccc(F)cc1. The number of halogens is 1. The Morgan fingerprint density at radius 3 is 2.54 bits per heavy atom. The van der Waals surface area contributed by atoms with Gasteiger partial charge in [-0.05, 0) is 17.7 Å². The van der Waals surface area contributed by atoms with Crippen molar-refractivity contribution in [1.82, 2.24) is 0 Å². The van der Waals surface area contributed by atoms with Gasteiger partial charge in [0.25, 0.3) is 0 Å². The summed E-state index contributed by atoms with van der Waals surface area (Å²) < 4.78 is 12.5.